The average Bonchev–Trinajstić information content (AvgIpc) is 2.88. The molecular formula is C19H20N4O2. The van der Waals surface area contributed by atoms with Crippen molar-refractivity contribution in [3.05, 3.63) is 53.1 Å². The number of benzene rings is 2. The molecule has 0 atom stereocenters. The number of hydrogen-bond donors (Lipinski definition) is 2. The van der Waals surface area contributed by atoms with E-state index in [2.05, 4.69) is 15.2 Å². The summed E-state index contributed by atoms with van der Waals surface area (Å²) in [6.45, 7) is 3.92. The number of aromatic nitrogens is 1. The maximum atomic E-state index is 12.3. The van der Waals surface area contributed by atoms with Gasteiger partial charge in [0, 0.05) is 30.7 Å². The molecule has 0 aliphatic rings. The zero-order chi connectivity index (χ0) is 18.1. The molecule has 3 aromatic rings. The average molecular weight is 336 g/mol. The molecule has 0 aliphatic heterocycles. The largest absolute Gasteiger partial charge is 0.493 e. The Labute approximate surface area is 145 Å². The number of aryl methyl sites for hydroxylation is 2. The van der Waals surface area contributed by atoms with Gasteiger partial charge in [-0.3, -0.25) is 4.79 Å². The highest BCUT2D eigenvalue weighted by Crippen LogP contribution is 2.37. The summed E-state index contributed by atoms with van der Waals surface area (Å²) in [5.41, 5.74) is 4.46. The van der Waals surface area contributed by atoms with Gasteiger partial charge in [0.15, 0.2) is 5.69 Å². The first-order chi connectivity index (χ1) is 11.9. The number of nitrogens with one attached hydrogen (secondary N) is 1. The summed E-state index contributed by atoms with van der Waals surface area (Å²) in [5.74, 6) is -0.552. The van der Waals surface area contributed by atoms with Gasteiger partial charge in [-0.05, 0) is 43.7 Å². The van der Waals surface area contributed by atoms with Gasteiger partial charge >= 0.3 is 0 Å². The van der Waals surface area contributed by atoms with Crippen LogP contribution in [-0.4, -0.2) is 30.1 Å². The summed E-state index contributed by atoms with van der Waals surface area (Å²) in [6, 6.07) is 11.1. The first-order valence-electron chi connectivity index (χ1n) is 7.92. The zero-order valence-electron chi connectivity index (χ0n) is 14.7. The summed E-state index contributed by atoms with van der Waals surface area (Å²) in [5, 5.41) is 18.7. The minimum absolute atomic E-state index is 0.0951. The van der Waals surface area contributed by atoms with Crippen molar-refractivity contribution in [2.75, 3.05) is 19.0 Å². The Bertz CT molecular complexity index is 986. The van der Waals surface area contributed by atoms with Gasteiger partial charge < -0.3 is 15.0 Å². The monoisotopic (exact) mass is 336 g/mol. The number of rotatable bonds is 3. The van der Waals surface area contributed by atoms with E-state index in [1.165, 1.54) is 0 Å². The molecule has 0 unspecified atom stereocenters. The van der Waals surface area contributed by atoms with Crippen LogP contribution in [0.25, 0.3) is 10.9 Å². The summed E-state index contributed by atoms with van der Waals surface area (Å²) >= 11 is 0. The first-order valence-corrected chi connectivity index (χ1v) is 7.92. The van der Waals surface area contributed by atoms with Gasteiger partial charge in [-0.2, -0.15) is 0 Å². The maximum Gasteiger partial charge on any atom is 0.295 e. The molecule has 3 rings (SSSR count). The molecule has 1 aromatic heterocycles. The van der Waals surface area contributed by atoms with Crippen LogP contribution in [0.3, 0.4) is 0 Å². The fourth-order valence-electron chi connectivity index (χ4n) is 2.80. The fourth-order valence-corrected chi connectivity index (χ4v) is 2.80. The van der Waals surface area contributed by atoms with E-state index in [-0.39, 0.29) is 11.6 Å². The summed E-state index contributed by atoms with van der Waals surface area (Å²) in [7, 11) is 3.81. The number of anilines is 1. The van der Waals surface area contributed by atoms with Gasteiger partial charge in [-0.1, -0.05) is 17.7 Å². The summed E-state index contributed by atoms with van der Waals surface area (Å²) in [4.78, 5) is 17.1. The number of hydrogen-bond acceptors (Lipinski definition) is 4. The smallest absolute Gasteiger partial charge is 0.295 e. The van der Waals surface area contributed by atoms with Gasteiger partial charge in [0.2, 0.25) is 5.88 Å². The van der Waals surface area contributed by atoms with E-state index >= 15 is 0 Å². The van der Waals surface area contributed by atoms with E-state index < -0.39 is 5.91 Å². The third-order valence-electron chi connectivity index (χ3n) is 4.05. The number of fused-ring (bicyclic) bond motifs is 1. The van der Waals surface area contributed by atoms with Crippen LogP contribution in [-0.2, 0) is 0 Å². The van der Waals surface area contributed by atoms with Gasteiger partial charge in [0.1, 0.15) is 0 Å². The normalized spacial score (nSPS) is 11.4. The van der Waals surface area contributed by atoms with Gasteiger partial charge in [-0.15, -0.1) is 10.2 Å². The molecule has 6 heteroatoms. The second-order valence-corrected chi connectivity index (χ2v) is 6.28. The molecule has 0 bridgehead atoms. The van der Waals surface area contributed by atoms with Crippen LogP contribution in [0.1, 0.15) is 21.5 Å². The molecule has 6 nitrogen and oxygen atoms in total. The third kappa shape index (κ3) is 3.24. The molecule has 0 radical (unpaired) electrons. The van der Waals surface area contributed by atoms with Gasteiger partial charge in [0.25, 0.3) is 5.91 Å². The number of H-pyrrole nitrogens is 1. The Morgan fingerprint density at radius 3 is 2.64 bits per heavy atom. The van der Waals surface area contributed by atoms with Crippen LogP contribution in [0.15, 0.2) is 46.6 Å². The van der Waals surface area contributed by atoms with Crippen LogP contribution in [0, 0.1) is 13.8 Å². The number of aromatic amines is 1. The van der Waals surface area contributed by atoms with Crippen LogP contribution in [0.4, 0.5) is 11.4 Å². The Balaban J connectivity index is 1.97. The molecule has 0 aliphatic carbocycles. The molecule has 25 heavy (non-hydrogen) atoms. The van der Waals surface area contributed by atoms with Crippen molar-refractivity contribution in [1.29, 1.82) is 0 Å². The Kier molecular flexibility index (Phi) is 4.27. The molecule has 1 amide bonds. The number of azo groups is 1. The van der Waals surface area contributed by atoms with E-state index in [0.717, 1.165) is 27.7 Å². The van der Waals surface area contributed by atoms with E-state index in [1.54, 1.807) is 18.2 Å². The van der Waals surface area contributed by atoms with Crippen molar-refractivity contribution in [1.82, 2.24) is 4.98 Å². The number of amides is 1. The van der Waals surface area contributed by atoms with Gasteiger partial charge in [-0.25, -0.2) is 0 Å². The van der Waals surface area contributed by atoms with Crippen LogP contribution >= 0.6 is 0 Å². The lowest BCUT2D eigenvalue weighted by Crippen LogP contribution is -2.09. The lowest BCUT2D eigenvalue weighted by Gasteiger charge is -2.12. The van der Waals surface area contributed by atoms with Crippen molar-refractivity contribution < 1.29 is 9.90 Å². The zero-order valence-corrected chi connectivity index (χ0v) is 14.7. The number of carbonyl (C=O) groups excluding carboxylic acids is 1. The number of carbonyl (C=O) groups is 1. The van der Waals surface area contributed by atoms with E-state index in [4.69, 9.17) is 0 Å². The standard InChI is InChI=1S/C19H20N4O2/c1-11-8-12(2)16-15(9-11)17(19(25)20-16)21-22-18(24)13-6-5-7-14(10-13)23(3)4/h5-10,20,25H,1-4H3. The first kappa shape index (κ1) is 16.7. The van der Waals surface area contributed by atoms with Crippen LogP contribution in [0.2, 0.25) is 0 Å². The SMILES string of the molecule is Cc1cc(C)c2[nH]c(O)c(N=NC(=O)c3cccc(N(C)C)c3)c2c1. The lowest BCUT2D eigenvalue weighted by atomic mass is 10.1. The lowest BCUT2D eigenvalue weighted by molar-refractivity contribution is 0.0995. The summed E-state index contributed by atoms with van der Waals surface area (Å²) < 4.78 is 0. The predicted octanol–water partition coefficient (Wildman–Crippen LogP) is 4.48. The molecule has 0 fully saturated rings. The van der Waals surface area contributed by atoms with Crippen molar-refractivity contribution in [2.24, 2.45) is 10.2 Å². The molecule has 128 valence electrons. The molecule has 1 heterocycles. The quantitative estimate of drug-likeness (QED) is 0.692. The van der Waals surface area contributed by atoms with Crippen molar-refractivity contribution in [3.8, 4) is 5.88 Å². The second-order valence-electron chi connectivity index (χ2n) is 6.28. The second kappa shape index (κ2) is 6.39. The highest BCUT2D eigenvalue weighted by molar-refractivity contribution is 5.98. The van der Waals surface area contributed by atoms with E-state index in [0.29, 0.717) is 5.56 Å². The van der Waals surface area contributed by atoms with Crippen molar-refractivity contribution >= 4 is 28.2 Å². The van der Waals surface area contributed by atoms with Crippen molar-refractivity contribution in [3.63, 3.8) is 0 Å². The highest BCUT2D eigenvalue weighted by atomic mass is 16.3. The van der Waals surface area contributed by atoms with Crippen LogP contribution in [0.5, 0.6) is 5.88 Å². The molecular weight excluding hydrogens is 316 g/mol. The Morgan fingerprint density at radius 2 is 1.92 bits per heavy atom. The third-order valence-corrected chi connectivity index (χ3v) is 4.05. The maximum absolute atomic E-state index is 12.3. The summed E-state index contributed by atoms with van der Waals surface area (Å²) in [6.07, 6.45) is 0. The van der Waals surface area contributed by atoms with Crippen molar-refractivity contribution in [2.45, 2.75) is 13.8 Å². The topological polar surface area (TPSA) is 81.0 Å². The Morgan fingerprint density at radius 1 is 1.16 bits per heavy atom. The number of aromatic hydroxyl groups is 1. The number of nitrogens with zero attached hydrogens (tertiary/aromatic N) is 3. The fraction of sp³-hybridized carbons (Fsp3) is 0.211. The van der Waals surface area contributed by atoms with Crippen LogP contribution < -0.4 is 4.90 Å². The molecule has 0 spiro atoms. The highest BCUT2D eigenvalue weighted by Gasteiger charge is 2.14. The minimum Gasteiger partial charge on any atom is -0.493 e. The van der Waals surface area contributed by atoms with E-state index in [1.807, 2.05) is 51.0 Å². The molecule has 0 saturated heterocycles. The minimum atomic E-state index is -0.457. The predicted molar refractivity (Wildman–Crippen MR) is 99.1 cm³/mol. The molecule has 2 N–H and O–H groups in total. The van der Waals surface area contributed by atoms with Gasteiger partial charge in [0.05, 0.1) is 5.52 Å². The molecule has 0 saturated carbocycles. The molecule has 2 aromatic carbocycles. The van der Waals surface area contributed by atoms with E-state index in [9.17, 15) is 9.90 Å². The Hall–Kier alpha value is -3.15.